The Labute approximate surface area is 175 Å². The molecular weight excluding hydrogens is 398 g/mol. The van der Waals surface area contributed by atoms with Crippen LogP contribution in [0, 0.1) is 0 Å². The van der Waals surface area contributed by atoms with Gasteiger partial charge in [-0.2, -0.15) is 0 Å². The number of aromatic nitrogens is 2. The molecule has 0 spiro atoms. The highest BCUT2D eigenvalue weighted by molar-refractivity contribution is 7.90. The van der Waals surface area contributed by atoms with Crippen LogP contribution in [0.3, 0.4) is 0 Å². The second kappa shape index (κ2) is 7.00. The van der Waals surface area contributed by atoms with Gasteiger partial charge in [-0.25, -0.2) is 17.4 Å². The van der Waals surface area contributed by atoms with E-state index in [-0.39, 0.29) is 4.90 Å². The van der Waals surface area contributed by atoms with Gasteiger partial charge in [0, 0.05) is 48.8 Å². The number of rotatable bonds is 3. The van der Waals surface area contributed by atoms with Crippen LogP contribution in [0.4, 0.5) is 11.5 Å². The van der Waals surface area contributed by atoms with Crippen LogP contribution in [-0.4, -0.2) is 55.5 Å². The van der Waals surface area contributed by atoms with E-state index in [1.807, 2.05) is 30.3 Å². The van der Waals surface area contributed by atoms with Crippen molar-refractivity contribution in [2.75, 3.05) is 43.9 Å². The van der Waals surface area contributed by atoms with Gasteiger partial charge >= 0.3 is 0 Å². The fraction of sp³-hybridized carbons (Fsp3) is 0.227. The highest BCUT2D eigenvalue weighted by atomic mass is 32.2. The summed E-state index contributed by atoms with van der Waals surface area (Å²) in [7, 11) is -1.67. The van der Waals surface area contributed by atoms with Crippen LogP contribution in [-0.2, 0) is 10.0 Å². The van der Waals surface area contributed by atoms with Crippen molar-refractivity contribution in [1.82, 2.24) is 13.9 Å². The minimum Gasteiger partial charge on any atom is -0.399 e. The predicted octanol–water partition coefficient (Wildman–Crippen LogP) is 2.76. The molecule has 0 saturated carbocycles. The maximum atomic E-state index is 13.5. The Balaban J connectivity index is 1.76. The van der Waals surface area contributed by atoms with Crippen LogP contribution in [0.15, 0.2) is 65.7 Å². The molecule has 0 bridgehead atoms. The molecule has 7 nitrogen and oxygen atoms in total. The number of hydrogen-bond acceptors (Lipinski definition) is 6. The normalized spacial score (nSPS) is 15.8. The summed E-state index contributed by atoms with van der Waals surface area (Å²) in [5.74, 6) is 0.836. The van der Waals surface area contributed by atoms with Crippen molar-refractivity contribution in [3.8, 4) is 0 Å². The van der Waals surface area contributed by atoms with Gasteiger partial charge < -0.3 is 15.5 Å². The van der Waals surface area contributed by atoms with Crippen LogP contribution >= 0.6 is 0 Å². The summed E-state index contributed by atoms with van der Waals surface area (Å²) in [6.07, 6.45) is 1.63. The molecular formula is C22H23N5O2S. The highest BCUT2D eigenvalue weighted by Crippen LogP contribution is 2.34. The van der Waals surface area contributed by atoms with Crippen LogP contribution in [0.5, 0.6) is 0 Å². The molecule has 2 aromatic heterocycles. The zero-order valence-electron chi connectivity index (χ0n) is 16.7. The van der Waals surface area contributed by atoms with Crippen molar-refractivity contribution >= 4 is 43.3 Å². The Morgan fingerprint density at radius 3 is 2.33 bits per heavy atom. The fourth-order valence-electron chi connectivity index (χ4n) is 4.02. The molecule has 1 aliphatic rings. The molecule has 1 aliphatic heterocycles. The number of piperazine rings is 1. The predicted molar refractivity (Wildman–Crippen MR) is 120 cm³/mol. The van der Waals surface area contributed by atoms with Gasteiger partial charge in [-0.15, -0.1) is 0 Å². The van der Waals surface area contributed by atoms with E-state index in [1.165, 1.54) is 3.97 Å². The van der Waals surface area contributed by atoms with Crippen LogP contribution in [0.25, 0.3) is 21.8 Å². The lowest BCUT2D eigenvalue weighted by Gasteiger charge is -2.33. The third kappa shape index (κ3) is 3.00. The molecule has 0 radical (unpaired) electrons. The summed E-state index contributed by atoms with van der Waals surface area (Å²) in [6.45, 7) is 3.60. The molecule has 8 heteroatoms. The largest absolute Gasteiger partial charge is 0.399 e. The summed E-state index contributed by atoms with van der Waals surface area (Å²) in [4.78, 5) is 9.65. The number of nitrogens with two attached hydrogens (primary N) is 1. The first-order valence-corrected chi connectivity index (χ1v) is 11.3. The molecule has 0 unspecified atom stereocenters. The lowest BCUT2D eigenvalue weighted by molar-refractivity contribution is 0.312. The first-order chi connectivity index (χ1) is 14.4. The molecule has 3 heterocycles. The maximum Gasteiger partial charge on any atom is 0.268 e. The SMILES string of the molecule is CN1CCN(c2nc3ccccc3c3c2ccn3S(=O)(=O)c2ccc(N)cc2)CC1. The number of fused-ring (bicyclic) bond motifs is 3. The van der Waals surface area contributed by atoms with E-state index in [1.54, 1.807) is 30.5 Å². The number of pyridine rings is 1. The Hall–Kier alpha value is -3.10. The lowest BCUT2D eigenvalue weighted by Crippen LogP contribution is -2.44. The van der Waals surface area contributed by atoms with E-state index in [9.17, 15) is 8.42 Å². The van der Waals surface area contributed by atoms with Crippen molar-refractivity contribution in [3.05, 3.63) is 60.8 Å². The first kappa shape index (κ1) is 18.9. The van der Waals surface area contributed by atoms with E-state index in [0.29, 0.717) is 11.2 Å². The molecule has 1 fully saturated rings. The summed E-state index contributed by atoms with van der Waals surface area (Å²) in [6, 6.07) is 15.8. The second-order valence-electron chi connectivity index (χ2n) is 7.69. The molecule has 1 saturated heterocycles. The van der Waals surface area contributed by atoms with Crippen LogP contribution < -0.4 is 10.6 Å². The molecule has 154 valence electrons. The average molecular weight is 422 g/mol. The Morgan fingerprint density at radius 2 is 1.60 bits per heavy atom. The summed E-state index contributed by atoms with van der Waals surface area (Å²) < 4.78 is 28.3. The van der Waals surface area contributed by atoms with Crippen LogP contribution in [0.2, 0.25) is 0 Å². The Kier molecular flexibility index (Phi) is 4.41. The van der Waals surface area contributed by atoms with Crippen molar-refractivity contribution in [1.29, 1.82) is 0 Å². The van der Waals surface area contributed by atoms with E-state index in [4.69, 9.17) is 10.7 Å². The molecule has 0 aliphatic carbocycles. The summed E-state index contributed by atoms with van der Waals surface area (Å²) in [5.41, 5.74) is 7.72. The molecule has 4 aromatic rings. The van der Waals surface area contributed by atoms with Crippen LogP contribution in [0.1, 0.15) is 0 Å². The summed E-state index contributed by atoms with van der Waals surface area (Å²) in [5, 5.41) is 1.66. The fourth-order valence-corrected chi connectivity index (χ4v) is 5.38. The highest BCUT2D eigenvalue weighted by Gasteiger charge is 2.25. The number of anilines is 2. The lowest BCUT2D eigenvalue weighted by atomic mass is 10.1. The van der Waals surface area contributed by atoms with Gasteiger partial charge in [-0.3, -0.25) is 0 Å². The molecule has 0 amide bonds. The Bertz CT molecular complexity index is 1340. The second-order valence-corrected chi connectivity index (χ2v) is 9.51. The van der Waals surface area contributed by atoms with Gasteiger partial charge in [0.25, 0.3) is 10.0 Å². The van der Waals surface area contributed by atoms with Gasteiger partial charge in [0.15, 0.2) is 0 Å². The molecule has 30 heavy (non-hydrogen) atoms. The smallest absolute Gasteiger partial charge is 0.268 e. The number of para-hydroxylation sites is 1. The molecule has 0 atom stereocenters. The molecule has 2 aromatic carbocycles. The zero-order valence-corrected chi connectivity index (χ0v) is 17.5. The number of benzene rings is 2. The van der Waals surface area contributed by atoms with Crippen molar-refractivity contribution in [3.63, 3.8) is 0 Å². The number of likely N-dealkylation sites (N-methyl/N-ethyl adjacent to an activating group) is 1. The quantitative estimate of drug-likeness (QED) is 0.512. The van der Waals surface area contributed by atoms with Crippen molar-refractivity contribution in [2.24, 2.45) is 0 Å². The monoisotopic (exact) mass is 421 g/mol. The van der Waals surface area contributed by atoms with E-state index in [2.05, 4.69) is 16.8 Å². The van der Waals surface area contributed by atoms with E-state index in [0.717, 1.165) is 48.3 Å². The number of nitrogens with zero attached hydrogens (tertiary/aromatic N) is 4. The first-order valence-electron chi connectivity index (χ1n) is 9.89. The van der Waals surface area contributed by atoms with Crippen molar-refractivity contribution < 1.29 is 8.42 Å². The number of nitrogen functional groups attached to an aromatic ring is 1. The Morgan fingerprint density at radius 1 is 0.900 bits per heavy atom. The topological polar surface area (TPSA) is 84.5 Å². The van der Waals surface area contributed by atoms with E-state index >= 15 is 0 Å². The van der Waals surface area contributed by atoms with Gasteiger partial charge in [-0.1, -0.05) is 18.2 Å². The van der Waals surface area contributed by atoms with Crippen molar-refractivity contribution in [2.45, 2.75) is 4.90 Å². The van der Waals surface area contributed by atoms with Gasteiger partial charge in [0.1, 0.15) is 5.82 Å². The zero-order chi connectivity index (χ0) is 20.9. The van der Waals surface area contributed by atoms with Gasteiger partial charge in [-0.05, 0) is 43.4 Å². The maximum absolute atomic E-state index is 13.5. The third-order valence-corrected chi connectivity index (χ3v) is 7.41. The standard InChI is InChI=1S/C22H23N5O2S/c1-25-12-14-26(15-13-25)22-19-10-11-27(21(19)18-4-2-3-5-20(18)24-22)30(28,29)17-8-6-16(23)7-9-17/h2-11H,12-15,23H2,1H3. The van der Waals surface area contributed by atoms with Gasteiger partial charge in [0.05, 0.1) is 15.9 Å². The molecule has 2 N–H and O–H groups in total. The van der Waals surface area contributed by atoms with Gasteiger partial charge in [0.2, 0.25) is 0 Å². The summed E-state index contributed by atoms with van der Waals surface area (Å²) >= 11 is 0. The average Bonchev–Trinajstić information content (AvgIpc) is 3.21. The van der Waals surface area contributed by atoms with E-state index < -0.39 is 10.0 Å². The molecule has 5 rings (SSSR count). The number of hydrogen-bond donors (Lipinski definition) is 1. The minimum absolute atomic E-state index is 0.205. The third-order valence-electron chi connectivity index (χ3n) is 5.72. The minimum atomic E-state index is -3.78.